The molecule has 5 heteroatoms. The van der Waals surface area contributed by atoms with Crippen LogP contribution in [0.1, 0.15) is 13.8 Å². The fourth-order valence-electron chi connectivity index (χ4n) is 0.115. The molecule has 0 aliphatic heterocycles. The van der Waals surface area contributed by atoms with Gasteiger partial charge in [-0.3, -0.25) is 0 Å². The highest BCUT2D eigenvalue weighted by Crippen LogP contribution is 1.88. The molecular weight excluding hydrogens is 163 g/mol. The Hall–Kier alpha value is -0.150. The van der Waals surface area contributed by atoms with Crippen LogP contribution in [-0.4, -0.2) is 11.0 Å². The van der Waals surface area contributed by atoms with Gasteiger partial charge >= 0.3 is 0 Å². The maximum atomic E-state index is 7.97. The minimum atomic E-state index is 0. The fourth-order valence-corrected chi connectivity index (χ4v) is 0.115. The molecule has 0 heterocycles. The summed E-state index contributed by atoms with van der Waals surface area (Å²) in [5, 5.41) is 10.8. The number of halogens is 2. The molecule has 0 aliphatic rings. The van der Waals surface area contributed by atoms with Gasteiger partial charge in [-0.25, -0.2) is 0 Å². The van der Waals surface area contributed by atoms with Crippen LogP contribution in [0.4, 0.5) is 0 Å². The van der Waals surface area contributed by atoms with E-state index in [0.29, 0.717) is 0 Å². The molecule has 0 saturated heterocycles. The van der Waals surface area contributed by atoms with E-state index in [1.165, 1.54) is 0 Å². The third-order valence-electron chi connectivity index (χ3n) is 0.707. The predicted molar refractivity (Wildman–Crippen MR) is 42.7 cm³/mol. The summed E-state index contributed by atoms with van der Waals surface area (Å²) in [5.41, 5.74) is 5.12. The maximum absolute atomic E-state index is 7.97. The Morgan fingerprint density at radius 1 is 1.44 bits per heavy atom. The molecule has 0 amide bonds. The molecule has 0 aromatic rings. The zero-order valence-electron chi connectivity index (χ0n) is 5.37. The van der Waals surface area contributed by atoms with Gasteiger partial charge in [0, 0.05) is 5.92 Å². The van der Waals surface area contributed by atoms with Gasteiger partial charge in [0.2, 0.25) is 0 Å². The van der Waals surface area contributed by atoms with Crippen LogP contribution >= 0.6 is 24.8 Å². The summed E-state index contributed by atoms with van der Waals surface area (Å²) in [4.78, 5) is 0. The van der Waals surface area contributed by atoms with Crippen LogP contribution in [0.2, 0.25) is 0 Å². The van der Waals surface area contributed by atoms with Crippen molar-refractivity contribution in [3.63, 3.8) is 0 Å². The lowest BCUT2D eigenvalue weighted by Crippen LogP contribution is -2.18. The van der Waals surface area contributed by atoms with Crippen LogP contribution < -0.4 is 5.73 Å². The third kappa shape index (κ3) is 7.85. The second-order valence-corrected chi connectivity index (χ2v) is 1.68. The summed E-state index contributed by atoms with van der Waals surface area (Å²) in [5.74, 6) is 0.421. The van der Waals surface area contributed by atoms with Crippen LogP contribution in [0.5, 0.6) is 0 Å². The number of nitrogens with zero attached hydrogens (tertiary/aromatic N) is 1. The lowest BCUT2D eigenvalue weighted by molar-refractivity contribution is 0.315. The van der Waals surface area contributed by atoms with E-state index in [2.05, 4.69) is 5.16 Å². The SMILES string of the molecule is CC(C)C(N)=NO.Cl.Cl. The Morgan fingerprint density at radius 3 is 1.78 bits per heavy atom. The largest absolute Gasteiger partial charge is 0.409 e. The minimum Gasteiger partial charge on any atom is -0.409 e. The minimum absolute atomic E-state index is 0. The number of nitrogens with two attached hydrogens (primary N) is 1. The summed E-state index contributed by atoms with van der Waals surface area (Å²) in [6, 6.07) is 0. The summed E-state index contributed by atoms with van der Waals surface area (Å²) in [6.07, 6.45) is 0. The van der Waals surface area contributed by atoms with Gasteiger partial charge in [0.25, 0.3) is 0 Å². The number of oxime groups is 1. The lowest BCUT2D eigenvalue weighted by Gasteiger charge is -1.96. The molecule has 3 nitrogen and oxygen atoms in total. The van der Waals surface area contributed by atoms with Crippen molar-refractivity contribution in [1.29, 1.82) is 0 Å². The van der Waals surface area contributed by atoms with Crippen LogP contribution in [0, 0.1) is 5.92 Å². The Bertz CT molecular complexity index is 84.6. The average molecular weight is 175 g/mol. The first kappa shape index (κ1) is 15.9. The van der Waals surface area contributed by atoms with Crippen molar-refractivity contribution in [1.82, 2.24) is 0 Å². The molecule has 0 atom stereocenters. The Morgan fingerprint density at radius 2 is 1.78 bits per heavy atom. The van der Waals surface area contributed by atoms with Crippen LogP contribution in [0.15, 0.2) is 5.16 Å². The van der Waals surface area contributed by atoms with Crippen molar-refractivity contribution in [2.75, 3.05) is 0 Å². The normalized spacial score (nSPS) is 9.89. The standard InChI is InChI=1S/C4H10N2O.2ClH/c1-3(2)4(5)6-7;;/h3,7H,1-2H3,(H2,5,6);2*1H. The van der Waals surface area contributed by atoms with Crippen molar-refractivity contribution < 1.29 is 5.21 Å². The Balaban J connectivity index is -0.000000180. The van der Waals surface area contributed by atoms with Crippen molar-refractivity contribution in [2.45, 2.75) is 13.8 Å². The van der Waals surface area contributed by atoms with Gasteiger partial charge in [-0.15, -0.1) is 24.8 Å². The number of hydrogen-bond acceptors (Lipinski definition) is 2. The van der Waals surface area contributed by atoms with E-state index in [4.69, 9.17) is 10.9 Å². The van der Waals surface area contributed by atoms with Gasteiger partial charge in [0.15, 0.2) is 0 Å². The molecule has 0 spiro atoms. The van der Waals surface area contributed by atoms with Crippen LogP contribution in [0.3, 0.4) is 0 Å². The van der Waals surface area contributed by atoms with Crippen molar-refractivity contribution in [3.8, 4) is 0 Å². The molecule has 0 rings (SSSR count). The van der Waals surface area contributed by atoms with E-state index in [0.717, 1.165) is 0 Å². The van der Waals surface area contributed by atoms with Gasteiger partial charge in [-0.05, 0) is 0 Å². The quantitative estimate of drug-likeness (QED) is 0.272. The number of rotatable bonds is 1. The zero-order valence-corrected chi connectivity index (χ0v) is 7.00. The first-order chi connectivity index (χ1) is 3.18. The van der Waals surface area contributed by atoms with E-state index in [1.807, 2.05) is 13.8 Å². The molecular formula is C4H12Cl2N2O. The molecule has 0 fully saturated rings. The van der Waals surface area contributed by atoms with Gasteiger partial charge < -0.3 is 10.9 Å². The average Bonchev–Trinajstić information content (AvgIpc) is 1.65. The summed E-state index contributed by atoms with van der Waals surface area (Å²) < 4.78 is 0. The van der Waals surface area contributed by atoms with Crippen LogP contribution in [-0.2, 0) is 0 Å². The van der Waals surface area contributed by atoms with E-state index in [9.17, 15) is 0 Å². The molecule has 0 aliphatic carbocycles. The van der Waals surface area contributed by atoms with Crippen molar-refractivity contribution in [3.05, 3.63) is 0 Å². The number of hydrogen-bond donors (Lipinski definition) is 2. The van der Waals surface area contributed by atoms with E-state index < -0.39 is 0 Å². The van der Waals surface area contributed by atoms with Gasteiger partial charge in [0.05, 0.1) is 0 Å². The second-order valence-electron chi connectivity index (χ2n) is 1.68. The highest BCUT2D eigenvalue weighted by atomic mass is 35.5. The predicted octanol–water partition coefficient (Wildman–Crippen LogP) is 1.23. The van der Waals surface area contributed by atoms with E-state index >= 15 is 0 Å². The first-order valence-electron chi connectivity index (χ1n) is 2.16. The fraction of sp³-hybridized carbons (Fsp3) is 0.750. The van der Waals surface area contributed by atoms with E-state index in [1.54, 1.807) is 0 Å². The Labute approximate surface area is 67.1 Å². The Kier molecular flexibility index (Phi) is 13.9. The molecule has 0 saturated carbocycles. The van der Waals surface area contributed by atoms with Gasteiger partial charge in [-0.1, -0.05) is 19.0 Å². The topological polar surface area (TPSA) is 58.6 Å². The summed E-state index contributed by atoms with van der Waals surface area (Å²) in [7, 11) is 0. The molecule has 0 aromatic carbocycles. The second kappa shape index (κ2) is 7.85. The molecule has 3 N–H and O–H groups in total. The maximum Gasteiger partial charge on any atom is 0.141 e. The molecule has 0 unspecified atom stereocenters. The van der Waals surface area contributed by atoms with Crippen molar-refractivity contribution in [2.24, 2.45) is 16.8 Å². The van der Waals surface area contributed by atoms with Crippen LogP contribution in [0.25, 0.3) is 0 Å². The van der Waals surface area contributed by atoms with Gasteiger partial charge in [0.1, 0.15) is 5.84 Å². The van der Waals surface area contributed by atoms with Crippen molar-refractivity contribution >= 4 is 30.6 Å². The zero-order chi connectivity index (χ0) is 5.86. The van der Waals surface area contributed by atoms with E-state index in [-0.39, 0.29) is 36.6 Å². The molecule has 58 valence electrons. The molecule has 0 aromatic heterocycles. The highest BCUT2D eigenvalue weighted by molar-refractivity contribution is 5.85. The lowest BCUT2D eigenvalue weighted by atomic mass is 10.2. The molecule has 0 bridgehead atoms. The third-order valence-corrected chi connectivity index (χ3v) is 0.707. The van der Waals surface area contributed by atoms with Gasteiger partial charge in [-0.2, -0.15) is 0 Å². The molecule has 0 radical (unpaired) electrons. The summed E-state index contributed by atoms with van der Waals surface area (Å²) >= 11 is 0. The monoisotopic (exact) mass is 174 g/mol. The summed E-state index contributed by atoms with van der Waals surface area (Å²) in [6.45, 7) is 3.71. The first-order valence-corrected chi connectivity index (χ1v) is 2.16. The smallest absolute Gasteiger partial charge is 0.141 e. The highest BCUT2D eigenvalue weighted by Gasteiger charge is 1.95. The number of amidine groups is 1. The molecule has 9 heavy (non-hydrogen) atoms.